The van der Waals surface area contributed by atoms with Crippen LogP contribution in [0.25, 0.3) is 11.4 Å². The maximum Gasteiger partial charge on any atom is 0.319 e. The van der Waals surface area contributed by atoms with Crippen LogP contribution in [0.2, 0.25) is 0 Å². The molecule has 1 unspecified atom stereocenters. The molecule has 2 N–H and O–H groups in total. The van der Waals surface area contributed by atoms with E-state index < -0.39 is 6.10 Å². The van der Waals surface area contributed by atoms with Gasteiger partial charge in [0.15, 0.2) is 5.82 Å². The van der Waals surface area contributed by atoms with Gasteiger partial charge < -0.3 is 34.6 Å². The Labute approximate surface area is 225 Å². The van der Waals surface area contributed by atoms with E-state index in [0.717, 1.165) is 56.0 Å². The fourth-order valence-corrected chi connectivity index (χ4v) is 5.09. The predicted molar refractivity (Wildman–Crippen MR) is 148 cm³/mol. The summed E-state index contributed by atoms with van der Waals surface area (Å²) in [5.74, 6) is 2.48. The first-order valence-corrected chi connectivity index (χ1v) is 13.6. The lowest BCUT2D eigenvalue weighted by atomic mass is 9.93. The summed E-state index contributed by atoms with van der Waals surface area (Å²) in [6.45, 7) is 3.61. The molecule has 0 spiro atoms. The van der Waals surface area contributed by atoms with Gasteiger partial charge in [-0.2, -0.15) is 0 Å². The maximum atomic E-state index is 12.4. The third kappa shape index (κ3) is 7.12. The summed E-state index contributed by atoms with van der Waals surface area (Å²) < 4.78 is 11.4. The highest BCUT2D eigenvalue weighted by atomic mass is 16.5. The maximum absolute atomic E-state index is 12.4. The summed E-state index contributed by atoms with van der Waals surface area (Å²) in [7, 11) is 7.49. The molecule has 2 saturated heterocycles. The molecule has 10 heteroatoms. The third-order valence-corrected chi connectivity index (χ3v) is 7.37. The number of aliphatic hydroxyl groups is 1. The molecular formula is C28H42N6O4. The topological polar surface area (TPSA) is 103 Å². The number of ether oxygens (including phenoxy) is 2. The minimum absolute atomic E-state index is 0.0587. The zero-order chi connectivity index (χ0) is 27.1. The zero-order valence-electron chi connectivity index (χ0n) is 23.1. The Morgan fingerprint density at radius 2 is 1.89 bits per heavy atom. The summed E-state index contributed by atoms with van der Waals surface area (Å²) >= 11 is 0. The Bertz CT molecular complexity index is 1050. The number of carbonyl (C=O) groups excluding carboxylic acids is 1. The van der Waals surface area contributed by atoms with Gasteiger partial charge in [0.05, 0.1) is 0 Å². The smallest absolute Gasteiger partial charge is 0.319 e. The van der Waals surface area contributed by atoms with E-state index >= 15 is 0 Å². The van der Waals surface area contributed by atoms with Crippen molar-refractivity contribution < 1.29 is 19.4 Å². The van der Waals surface area contributed by atoms with Crippen molar-refractivity contribution >= 4 is 11.8 Å². The van der Waals surface area contributed by atoms with Gasteiger partial charge in [0.2, 0.25) is 0 Å². The summed E-state index contributed by atoms with van der Waals surface area (Å²) in [5.41, 5.74) is 1.88. The highest BCUT2D eigenvalue weighted by Gasteiger charge is 2.28. The summed E-state index contributed by atoms with van der Waals surface area (Å²) in [6, 6.07) is 10.3. The molecule has 10 nitrogen and oxygen atoms in total. The molecule has 0 bridgehead atoms. The molecule has 2 amide bonds. The van der Waals surface area contributed by atoms with Crippen LogP contribution >= 0.6 is 0 Å². The van der Waals surface area contributed by atoms with Gasteiger partial charge >= 0.3 is 6.03 Å². The van der Waals surface area contributed by atoms with Crippen molar-refractivity contribution in [3.8, 4) is 17.1 Å². The quantitative estimate of drug-likeness (QED) is 0.514. The zero-order valence-corrected chi connectivity index (χ0v) is 23.1. The number of nitrogens with zero attached hydrogens (tertiary/aromatic N) is 5. The van der Waals surface area contributed by atoms with Gasteiger partial charge in [0, 0.05) is 83.3 Å². The van der Waals surface area contributed by atoms with Crippen LogP contribution in [0.5, 0.6) is 5.75 Å². The van der Waals surface area contributed by atoms with E-state index in [1.807, 2.05) is 29.2 Å². The van der Waals surface area contributed by atoms with Crippen molar-refractivity contribution in [1.82, 2.24) is 25.1 Å². The number of likely N-dealkylation sites (tertiary alicyclic amines) is 1. The second-order valence-corrected chi connectivity index (χ2v) is 10.4. The minimum atomic E-state index is -0.590. The molecule has 1 atom stereocenters. The van der Waals surface area contributed by atoms with Crippen LogP contribution in [-0.2, 0) is 4.74 Å². The number of anilines is 1. The second kappa shape index (κ2) is 13.2. The number of amides is 2. The first kappa shape index (κ1) is 28.1. The van der Waals surface area contributed by atoms with E-state index in [1.165, 1.54) is 0 Å². The Balaban J connectivity index is 1.59. The first-order valence-electron chi connectivity index (χ1n) is 13.6. The number of nitrogens with one attached hydrogen (secondary N) is 1. The van der Waals surface area contributed by atoms with E-state index in [0.29, 0.717) is 37.3 Å². The number of urea groups is 1. The number of hydrogen-bond acceptors (Lipinski definition) is 8. The number of rotatable bonds is 9. The molecule has 38 heavy (non-hydrogen) atoms. The molecule has 4 rings (SSSR count). The van der Waals surface area contributed by atoms with E-state index in [1.54, 1.807) is 26.0 Å². The molecule has 0 aliphatic carbocycles. The van der Waals surface area contributed by atoms with Crippen LogP contribution in [0.1, 0.15) is 37.3 Å². The Hall–Kier alpha value is -2.95. The van der Waals surface area contributed by atoms with Crippen LogP contribution < -0.4 is 15.0 Å². The number of aromatic nitrogens is 2. The highest BCUT2D eigenvalue weighted by Crippen LogP contribution is 2.32. The van der Waals surface area contributed by atoms with Gasteiger partial charge in [-0.05, 0) is 44.9 Å². The van der Waals surface area contributed by atoms with Gasteiger partial charge in [0.25, 0.3) is 0 Å². The van der Waals surface area contributed by atoms with Crippen molar-refractivity contribution in [3.05, 3.63) is 36.0 Å². The Morgan fingerprint density at radius 3 is 2.58 bits per heavy atom. The van der Waals surface area contributed by atoms with Crippen LogP contribution in [0.15, 0.2) is 30.3 Å². The van der Waals surface area contributed by atoms with Gasteiger partial charge in [-0.25, -0.2) is 14.8 Å². The fraction of sp³-hybridized carbons (Fsp3) is 0.607. The SMILES string of the molecule is CNCC(O)COc1cccc(-c2nc(C3CCN(C(=O)N(C)C)CC3)cc(N(C)C3CCOCC3)n2)c1. The molecule has 1 aromatic heterocycles. The largest absolute Gasteiger partial charge is 0.491 e. The normalized spacial score (nSPS) is 17.8. The lowest BCUT2D eigenvalue weighted by Crippen LogP contribution is -2.43. The van der Waals surface area contributed by atoms with Crippen LogP contribution in [-0.4, -0.2) is 111 Å². The average molecular weight is 527 g/mol. The van der Waals surface area contributed by atoms with Gasteiger partial charge in [-0.3, -0.25) is 0 Å². The average Bonchev–Trinajstić information content (AvgIpc) is 2.96. The van der Waals surface area contributed by atoms with Crippen molar-refractivity contribution in [1.29, 1.82) is 0 Å². The van der Waals surface area contributed by atoms with Gasteiger partial charge in [0.1, 0.15) is 24.3 Å². The molecular weight excluding hydrogens is 484 g/mol. The van der Waals surface area contributed by atoms with Crippen LogP contribution in [0.4, 0.5) is 10.6 Å². The molecule has 2 aromatic rings. The molecule has 1 aromatic carbocycles. The number of carbonyl (C=O) groups is 1. The predicted octanol–water partition coefficient (Wildman–Crippen LogP) is 2.58. The van der Waals surface area contributed by atoms with Crippen molar-refractivity contribution in [3.63, 3.8) is 0 Å². The van der Waals surface area contributed by atoms with E-state index in [4.69, 9.17) is 19.4 Å². The molecule has 2 aliphatic rings. The molecule has 0 radical (unpaired) electrons. The second-order valence-electron chi connectivity index (χ2n) is 10.4. The minimum Gasteiger partial charge on any atom is -0.491 e. The van der Waals surface area contributed by atoms with E-state index in [9.17, 15) is 9.90 Å². The molecule has 208 valence electrons. The number of hydrogen-bond donors (Lipinski definition) is 2. The Kier molecular flexibility index (Phi) is 9.76. The number of aliphatic hydroxyl groups excluding tert-OH is 1. The first-order chi connectivity index (χ1) is 18.4. The molecule has 2 fully saturated rings. The van der Waals surface area contributed by atoms with Crippen LogP contribution in [0.3, 0.4) is 0 Å². The summed E-state index contributed by atoms with van der Waals surface area (Å²) in [6.07, 6.45) is 3.07. The van der Waals surface area contributed by atoms with Crippen molar-refractivity contribution in [2.45, 2.75) is 43.7 Å². The molecule has 2 aliphatic heterocycles. The lowest BCUT2D eigenvalue weighted by Gasteiger charge is -2.35. The van der Waals surface area contributed by atoms with E-state index in [2.05, 4.69) is 23.3 Å². The summed E-state index contributed by atoms with van der Waals surface area (Å²) in [5, 5.41) is 13.0. The number of piperidine rings is 1. The van der Waals surface area contributed by atoms with Crippen molar-refractivity contribution in [2.24, 2.45) is 0 Å². The fourth-order valence-electron chi connectivity index (χ4n) is 5.09. The third-order valence-electron chi connectivity index (χ3n) is 7.37. The van der Waals surface area contributed by atoms with Gasteiger partial charge in [-0.1, -0.05) is 12.1 Å². The highest BCUT2D eigenvalue weighted by molar-refractivity contribution is 5.74. The van der Waals surface area contributed by atoms with Crippen molar-refractivity contribution in [2.75, 3.05) is 72.5 Å². The monoisotopic (exact) mass is 526 g/mol. The Morgan fingerprint density at radius 1 is 1.16 bits per heavy atom. The lowest BCUT2D eigenvalue weighted by molar-refractivity contribution is 0.0853. The number of benzene rings is 1. The standard InChI is InChI=1S/C28H42N6O4/c1-29-18-23(35)19-38-24-7-5-6-21(16-24)27-30-25(20-8-12-34(13-9-20)28(36)32(2)3)17-26(31-27)33(4)22-10-14-37-15-11-22/h5-7,16-17,20,22-23,29,35H,8-15,18-19H2,1-4H3. The van der Waals surface area contributed by atoms with Gasteiger partial charge in [-0.15, -0.1) is 0 Å². The summed E-state index contributed by atoms with van der Waals surface area (Å²) in [4.78, 5) is 28.3. The van der Waals surface area contributed by atoms with E-state index in [-0.39, 0.29) is 18.6 Å². The van der Waals surface area contributed by atoms with Crippen LogP contribution in [0, 0.1) is 0 Å². The number of likely N-dealkylation sites (N-methyl/N-ethyl adjacent to an activating group) is 1. The molecule has 3 heterocycles. The molecule has 0 saturated carbocycles.